The van der Waals surface area contributed by atoms with Crippen LogP contribution >= 0.6 is 0 Å². The van der Waals surface area contributed by atoms with E-state index in [1.54, 1.807) is 0 Å². The zero-order valence-electron chi connectivity index (χ0n) is 13.7. The number of hydrogen-bond donors (Lipinski definition) is 1. The van der Waals surface area contributed by atoms with E-state index in [-0.39, 0.29) is 11.8 Å². The number of benzene rings is 1. The van der Waals surface area contributed by atoms with E-state index in [0.717, 1.165) is 32.5 Å². The molecule has 22 heavy (non-hydrogen) atoms. The zero-order chi connectivity index (χ0) is 15.9. The van der Waals surface area contributed by atoms with Crippen LogP contribution in [0.1, 0.15) is 37.0 Å². The number of nitrogens with zero attached hydrogens (tertiary/aromatic N) is 2. The Labute approximate surface area is 131 Å². The fraction of sp³-hybridized carbons (Fsp3) is 0.500. The topological polar surface area (TPSA) is 51.3 Å². The van der Waals surface area contributed by atoms with Crippen molar-refractivity contribution in [2.45, 2.75) is 46.3 Å². The van der Waals surface area contributed by atoms with Gasteiger partial charge in [0.2, 0.25) is 5.91 Å². The third-order valence-electron chi connectivity index (χ3n) is 4.64. The number of hydrogen-bond acceptors (Lipinski definition) is 2. The highest BCUT2D eigenvalue weighted by atomic mass is 16.1. The van der Waals surface area contributed by atoms with E-state index in [0.29, 0.717) is 0 Å². The number of carbonyl (C=O) groups excluding carboxylic acids is 1. The first-order valence-corrected chi connectivity index (χ1v) is 8.11. The molecule has 2 heterocycles. The highest BCUT2D eigenvalue weighted by Gasteiger charge is 2.20. The van der Waals surface area contributed by atoms with Gasteiger partial charge in [-0.2, -0.15) is 0 Å². The van der Waals surface area contributed by atoms with Crippen LogP contribution in [0.15, 0.2) is 18.3 Å². The summed E-state index contributed by atoms with van der Waals surface area (Å²) in [5.41, 5.74) is 10.8. The zero-order valence-corrected chi connectivity index (χ0v) is 13.7. The van der Waals surface area contributed by atoms with E-state index < -0.39 is 0 Å². The molecule has 1 unspecified atom stereocenters. The Bertz CT molecular complexity index is 717. The van der Waals surface area contributed by atoms with E-state index in [1.165, 1.54) is 27.6 Å². The van der Waals surface area contributed by atoms with Crippen LogP contribution in [0, 0.1) is 5.92 Å². The molecular weight excluding hydrogens is 274 g/mol. The van der Waals surface area contributed by atoms with Crippen molar-refractivity contribution in [2.75, 3.05) is 7.05 Å². The highest BCUT2D eigenvalue weighted by Crippen LogP contribution is 2.31. The van der Waals surface area contributed by atoms with E-state index in [4.69, 9.17) is 5.73 Å². The Kier molecular flexibility index (Phi) is 3.96. The summed E-state index contributed by atoms with van der Waals surface area (Å²) in [5.74, 6) is -0.353. The summed E-state index contributed by atoms with van der Waals surface area (Å²) < 4.78 is 2.33. The molecule has 1 aromatic carbocycles. The van der Waals surface area contributed by atoms with Crippen molar-refractivity contribution < 1.29 is 4.79 Å². The first kappa shape index (κ1) is 15.1. The van der Waals surface area contributed by atoms with E-state index in [9.17, 15) is 4.79 Å². The van der Waals surface area contributed by atoms with Gasteiger partial charge in [0.25, 0.3) is 0 Å². The smallest absolute Gasteiger partial charge is 0.220 e. The van der Waals surface area contributed by atoms with E-state index >= 15 is 0 Å². The largest absolute Gasteiger partial charge is 0.369 e. The molecule has 0 bridgehead atoms. The summed E-state index contributed by atoms with van der Waals surface area (Å²) in [6.07, 6.45) is 4.04. The Balaban J connectivity index is 2.08. The SMILES string of the molecule is CCCn1cc(CC(C)C(N)=O)c2cc3c(cc21)CN(C)C3. The minimum Gasteiger partial charge on any atom is -0.369 e. The van der Waals surface area contributed by atoms with Gasteiger partial charge in [0.05, 0.1) is 0 Å². The lowest BCUT2D eigenvalue weighted by atomic mass is 9.98. The van der Waals surface area contributed by atoms with Gasteiger partial charge < -0.3 is 10.3 Å². The van der Waals surface area contributed by atoms with Crippen LogP contribution in [0.3, 0.4) is 0 Å². The Morgan fingerprint density at radius 3 is 2.64 bits per heavy atom. The second kappa shape index (κ2) is 5.76. The number of rotatable bonds is 5. The molecule has 1 amide bonds. The molecule has 0 fully saturated rings. The second-order valence-electron chi connectivity index (χ2n) is 6.67. The molecular formula is C18H25N3O. The van der Waals surface area contributed by atoms with Crippen molar-refractivity contribution in [1.29, 1.82) is 0 Å². The molecule has 3 rings (SSSR count). The van der Waals surface area contributed by atoms with E-state index in [1.807, 2.05) is 6.92 Å². The van der Waals surface area contributed by atoms with Crippen molar-refractivity contribution in [3.05, 3.63) is 35.0 Å². The highest BCUT2D eigenvalue weighted by molar-refractivity contribution is 5.87. The number of aryl methyl sites for hydroxylation is 1. The van der Waals surface area contributed by atoms with Gasteiger partial charge >= 0.3 is 0 Å². The number of aromatic nitrogens is 1. The summed E-state index contributed by atoms with van der Waals surface area (Å²) in [5, 5.41) is 1.29. The Hall–Kier alpha value is -1.81. The molecule has 0 spiro atoms. The first-order valence-electron chi connectivity index (χ1n) is 8.11. The predicted octanol–water partition coefficient (Wildman–Crippen LogP) is 2.66. The molecule has 2 aromatic rings. The van der Waals surface area contributed by atoms with Crippen molar-refractivity contribution in [1.82, 2.24) is 9.47 Å². The minimum atomic E-state index is -0.225. The van der Waals surface area contributed by atoms with Crippen LogP contribution in [0.5, 0.6) is 0 Å². The molecule has 0 aliphatic carbocycles. The molecule has 4 heteroatoms. The van der Waals surface area contributed by atoms with Crippen LogP contribution in [0.4, 0.5) is 0 Å². The molecule has 0 saturated heterocycles. The molecule has 118 valence electrons. The summed E-state index contributed by atoms with van der Waals surface area (Å²) in [6, 6.07) is 4.66. The quantitative estimate of drug-likeness (QED) is 0.923. The van der Waals surface area contributed by atoms with Crippen LogP contribution < -0.4 is 5.73 Å². The summed E-state index contributed by atoms with van der Waals surface area (Å²) >= 11 is 0. The van der Waals surface area contributed by atoms with Gasteiger partial charge in [0.1, 0.15) is 0 Å². The third kappa shape index (κ3) is 2.63. The predicted molar refractivity (Wildman–Crippen MR) is 89.5 cm³/mol. The average molecular weight is 299 g/mol. The van der Waals surface area contributed by atoms with Crippen LogP contribution in [-0.4, -0.2) is 22.4 Å². The van der Waals surface area contributed by atoms with Gasteiger partial charge in [-0.1, -0.05) is 13.8 Å². The number of amides is 1. The van der Waals surface area contributed by atoms with Gasteiger partial charge in [0, 0.05) is 42.7 Å². The standard InChI is InChI=1S/C18H25N3O/c1-4-5-21-11-15(6-12(2)18(19)22)16-7-13-9-20(3)10-14(13)8-17(16)21/h7-8,11-12H,4-6,9-10H2,1-3H3,(H2,19,22). The van der Waals surface area contributed by atoms with E-state index in [2.05, 4.69) is 41.8 Å². The monoisotopic (exact) mass is 299 g/mol. The molecule has 1 aromatic heterocycles. The molecule has 0 saturated carbocycles. The number of nitrogens with two attached hydrogens (primary N) is 1. The Morgan fingerprint density at radius 1 is 1.32 bits per heavy atom. The average Bonchev–Trinajstić information content (AvgIpc) is 2.97. The number of primary amides is 1. The summed E-state index contributed by atoms with van der Waals surface area (Å²) in [4.78, 5) is 13.7. The van der Waals surface area contributed by atoms with Crippen LogP contribution in [-0.2, 0) is 30.8 Å². The molecule has 0 radical (unpaired) electrons. The Morgan fingerprint density at radius 2 is 2.00 bits per heavy atom. The number of fused-ring (bicyclic) bond motifs is 2. The third-order valence-corrected chi connectivity index (χ3v) is 4.64. The molecule has 2 N–H and O–H groups in total. The lowest BCUT2D eigenvalue weighted by Crippen LogP contribution is -2.22. The van der Waals surface area contributed by atoms with Gasteiger partial charge in [-0.3, -0.25) is 9.69 Å². The van der Waals surface area contributed by atoms with Crippen molar-refractivity contribution in [3.8, 4) is 0 Å². The van der Waals surface area contributed by atoms with Gasteiger partial charge in [0.15, 0.2) is 0 Å². The van der Waals surface area contributed by atoms with Crippen molar-refractivity contribution in [3.63, 3.8) is 0 Å². The van der Waals surface area contributed by atoms with Crippen LogP contribution in [0.2, 0.25) is 0 Å². The maximum absolute atomic E-state index is 11.4. The van der Waals surface area contributed by atoms with Gasteiger partial charge in [-0.15, -0.1) is 0 Å². The maximum atomic E-state index is 11.4. The number of carbonyl (C=O) groups is 1. The fourth-order valence-electron chi connectivity index (χ4n) is 3.45. The molecule has 1 atom stereocenters. The maximum Gasteiger partial charge on any atom is 0.220 e. The first-order chi connectivity index (χ1) is 10.5. The minimum absolute atomic E-state index is 0.128. The fourth-order valence-corrected chi connectivity index (χ4v) is 3.45. The molecule has 4 nitrogen and oxygen atoms in total. The van der Waals surface area contributed by atoms with Crippen LogP contribution in [0.25, 0.3) is 10.9 Å². The second-order valence-corrected chi connectivity index (χ2v) is 6.67. The summed E-state index contributed by atoms with van der Waals surface area (Å²) in [7, 11) is 2.15. The summed E-state index contributed by atoms with van der Waals surface area (Å²) in [6.45, 7) is 7.14. The van der Waals surface area contributed by atoms with Crippen molar-refractivity contribution in [2.24, 2.45) is 11.7 Å². The van der Waals surface area contributed by atoms with Gasteiger partial charge in [-0.25, -0.2) is 0 Å². The lowest BCUT2D eigenvalue weighted by Gasteiger charge is -2.06. The van der Waals surface area contributed by atoms with Crippen molar-refractivity contribution >= 4 is 16.8 Å². The molecule has 1 aliphatic rings. The normalized spacial score (nSPS) is 16.1. The molecule has 1 aliphatic heterocycles. The van der Waals surface area contributed by atoms with Gasteiger partial charge in [-0.05, 0) is 48.7 Å². The lowest BCUT2D eigenvalue weighted by molar-refractivity contribution is -0.121.